The lowest BCUT2D eigenvalue weighted by atomic mass is 10.1. The molecule has 0 atom stereocenters. The second kappa shape index (κ2) is 3.12. The van der Waals surface area contributed by atoms with Crippen molar-refractivity contribution in [3.63, 3.8) is 0 Å². The third-order valence-electron chi connectivity index (χ3n) is 1.83. The summed E-state index contributed by atoms with van der Waals surface area (Å²) in [5.41, 5.74) is 1.26. The SMILES string of the molecule is Cc1cc(CC(C)C)oc1C. The molecule has 0 fully saturated rings. The Bertz CT molecular complexity index is 214. The minimum absolute atomic E-state index is 0.681. The molecule has 0 N–H and O–H groups in total. The maximum Gasteiger partial charge on any atom is 0.104 e. The summed E-state index contributed by atoms with van der Waals surface area (Å²) in [6.45, 7) is 8.50. The zero-order valence-corrected chi connectivity index (χ0v) is 7.77. The van der Waals surface area contributed by atoms with E-state index >= 15 is 0 Å². The Hall–Kier alpha value is -0.720. The van der Waals surface area contributed by atoms with E-state index in [2.05, 4.69) is 26.8 Å². The summed E-state index contributed by atoms with van der Waals surface area (Å²) in [6.07, 6.45) is 1.05. The van der Waals surface area contributed by atoms with Crippen molar-refractivity contribution in [3.05, 3.63) is 23.2 Å². The fourth-order valence-corrected chi connectivity index (χ4v) is 1.15. The highest BCUT2D eigenvalue weighted by Gasteiger charge is 2.04. The quantitative estimate of drug-likeness (QED) is 0.634. The molecule has 1 heterocycles. The van der Waals surface area contributed by atoms with Crippen LogP contribution in [-0.4, -0.2) is 0 Å². The van der Waals surface area contributed by atoms with Crippen molar-refractivity contribution < 1.29 is 4.42 Å². The molecule has 0 saturated carbocycles. The van der Waals surface area contributed by atoms with E-state index in [9.17, 15) is 0 Å². The summed E-state index contributed by atoms with van der Waals surface area (Å²) in [7, 11) is 0. The van der Waals surface area contributed by atoms with Crippen molar-refractivity contribution in [2.45, 2.75) is 34.1 Å². The summed E-state index contributed by atoms with van der Waals surface area (Å²) in [6, 6.07) is 2.13. The molecule has 11 heavy (non-hydrogen) atoms. The van der Waals surface area contributed by atoms with Gasteiger partial charge in [0.25, 0.3) is 0 Å². The predicted octanol–water partition coefficient (Wildman–Crippen LogP) is 3.09. The van der Waals surface area contributed by atoms with Gasteiger partial charge in [0.1, 0.15) is 11.5 Å². The van der Waals surface area contributed by atoms with Crippen LogP contribution in [0.4, 0.5) is 0 Å². The van der Waals surface area contributed by atoms with Gasteiger partial charge in [-0.15, -0.1) is 0 Å². The minimum atomic E-state index is 0.681. The fourth-order valence-electron chi connectivity index (χ4n) is 1.15. The summed E-state index contributed by atoms with van der Waals surface area (Å²) in [4.78, 5) is 0. The van der Waals surface area contributed by atoms with Crippen molar-refractivity contribution in [3.8, 4) is 0 Å². The molecule has 0 bridgehead atoms. The van der Waals surface area contributed by atoms with E-state index in [4.69, 9.17) is 4.42 Å². The number of hydrogen-bond acceptors (Lipinski definition) is 1. The minimum Gasteiger partial charge on any atom is -0.466 e. The van der Waals surface area contributed by atoms with E-state index in [1.807, 2.05) is 6.92 Å². The maximum absolute atomic E-state index is 5.53. The summed E-state index contributed by atoms with van der Waals surface area (Å²) in [5, 5.41) is 0. The second-order valence-corrected chi connectivity index (χ2v) is 3.55. The van der Waals surface area contributed by atoms with E-state index in [0.29, 0.717) is 5.92 Å². The topological polar surface area (TPSA) is 13.1 Å². The van der Waals surface area contributed by atoms with Gasteiger partial charge in [-0.05, 0) is 31.4 Å². The van der Waals surface area contributed by atoms with Crippen molar-refractivity contribution in [2.75, 3.05) is 0 Å². The first-order valence-corrected chi connectivity index (χ1v) is 4.15. The second-order valence-electron chi connectivity index (χ2n) is 3.55. The Morgan fingerprint density at radius 2 is 2.00 bits per heavy atom. The number of aryl methyl sites for hydroxylation is 2. The van der Waals surface area contributed by atoms with Gasteiger partial charge in [-0.25, -0.2) is 0 Å². The Morgan fingerprint density at radius 3 is 2.36 bits per heavy atom. The summed E-state index contributed by atoms with van der Waals surface area (Å²) in [5.74, 6) is 2.86. The lowest BCUT2D eigenvalue weighted by Gasteiger charge is -1.98. The van der Waals surface area contributed by atoms with Crippen molar-refractivity contribution in [1.82, 2.24) is 0 Å². The van der Waals surface area contributed by atoms with Crippen LogP contribution in [-0.2, 0) is 6.42 Å². The average Bonchev–Trinajstić information content (AvgIpc) is 2.10. The molecule has 0 radical (unpaired) electrons. The molecule has 1 rings (SSSR count). The number of hydrogen-bond donors (Lipinski definition) is 0. The van der Waals surface area contributed by atoms with E-state index in [-0.39, 0.29) is 0 Å². The number of rotatable bonds is 2. The van der Waals surface area contributed by atoms with Crippen LogP contribution in [0.15, 0.2) is 10.5 Å². The van der Waals surface area contributed by atoms with E-state index in [1.54, 1.807) is 0 Å². The van der Waals surface area contributed by atoms with Crippen LogP contribution in [0.3, 0.4) is 0 Å². The van der Waals surface area contributed by atoms with Crippen molar-refractivity contribution in [1.29, 1.82) is 0 Å². The smallest absolute Gasteiger partial charge is 0.104 e. The first-order chi connectivity index (χ1) is 5.09. The molecule has 62 valence electrons. The highest BCUT2D eigenvalue weighted by atomic mass is 16.3. The number of furan rings is 1. The first-order valence-electron chi connectivity index (χ1n) is 4.15. The van der Waals surface area contributed by atoms with Crippen LogP contribution in [0.2, 0.25) is 0 Å². The van der Waals surface area contributed by atoms with Gasteiger partial charge in [-0.1, -0.05) is 13.8 Å². The highest BCUT2D eigenvalue weighted by molar-refractivity contribution is 5.18. The molecule has 0 aliphatic rings. The monoisotopic (exact) mass is 152 g/mol. The molecule has 0 unspecified atom stereocenters. The van der Waals surface area contributed by atoms with Crippen molar-refractivity contribution >= 4 is 0 Å². The molecule has 0 saturated heterocycles. The van der Waals surface area contributed by atoms with Gasteiger partial charge < -0.3 is 4.42 Å². The summed E-state index contributed by atoms with van der Waals surface area (Å²) >= 11 is 0. The Labute approximate surface area is 68.4 Å². The lowest BCUT2D eigenvalue weighted by molar-refractivity contribution is 0.452. The lowest BCUT2D eigenvalue weighted by Crippen LogP contribution is -1.90. The van der Waals surface area contributed by atoms with Gasteiger partial charge in [-0.3, -0.25) is 0 Å². The first kappa shape index (κ1) is 8.38. The molecule has 1 aromatic heterocycles. The van der Waals surface area contributed by atoms with Crippen LogP contribution in [0, 0.1) is 19.8 Å². The molecule has 0 aliphatic heterocycles. The molecular weight excluding hydrogens is 136 g/mol. The average molecular weight is 152 g/mol. The molecule has 0 aliphatic carbocycles. The Balaban J connectivity index is 2.73. The fraction of sp³-hybridized carbons (Fsp3) is 0.600. The van der Waals surface area contributed by atoms with Gasteiger partial charge in [-0.2, -0.15) is 0 Å². The van der Waals surface area contributed by atoms with Gasteiger partial charge in [0, 0.05) is 6.42 Å². The van der Waals surface area contributed by atoms with Crippen LogP contribution in [0.25, 0.3) is 0 Å². The van der Waals surface area contributed by atoms with Gasteiger partial charge in [0.15, 0.2) is 0 Å². The third-order valence-corrected chi connectivity index (χ3v) is 1.83. The zero-order valence-electron chi connectivity index (χ0n) is 7.77. The van der Waals surface area contributed by atoms with Gasteiger partial charge in [0.2, 0.25) is 0 Å². The maximum atomic E-state index is 5.53. The Morgan fingerprint density at radius 1 is 1.36 bits per heavy atom. The molecule has 0 aromatic carbocycles. The van der Waals surface area contributed by atoms with Crippen LogP contribution < -0.4 is 0 Å². The van der Waals surface area contributed by atoms with Crippen LogP contribution >= 0.6 is 0 Å². The largest absolute Gasteiger partial charge is 0.466 e. The predicted molar refractivity (Wildman–Crippen MR) is 46.7 cm³/mol. The third kappa shape index (κ3) is 2.11. The standard InChI is InChI=1S/C10H16O/c1-7(2)5-10-6-8(3)9(4)11-10/h6-7H,5H2,1-4H3. The molecular formula is C10H16O. The van der Waals surface area contributed by atoms with Crippen molar-refractivity contribution in [2.24, 2.45) is 5.92 Å². The molecule has 1 nitrogen and oxygen atoms in total. The zero-order chi connectivity index (χ0) is 8.43. The van der Waals surface area contributed by atoms with Gasteiger partial charge in [0.05, 0.1) is 0 Å². The van der Waals surface area contributed by atoms with E-state index in [1.165, 1.54) is 5.56 Å². The molecule has 0 amide bonds. The van der Waals surface area contributed by atoms with Crippen LogP contribution in [0.5, 0.6) is 0 Å². The molecule has 1 aromatic rings. The van der Waals surface area contributed by atoms with E-state index in [0.717, 1.165) is 17.9 Å². The molecule has 1 heteroatoms. The normalized spacial score (nSPS) is 11.0. The van der Waals surface area contributed by atoms with Gasteiger partial charge >= 0.3 is 0 Å². The Kier molecular flexibility index (Phi) is 2.38. The van der Waals surface area contributed by atoms with Crippen LogP contribution in [0.1, 0.15) is 30.9 Å². The molecule has 0 spiro atoms. The highest BCUT2D eigenvalue weighted by Crippen LogP contribution is 2.16. The van der Waals surface area contributed by atoms with E-state index < -0.39 is 0 Å². The summed E-state index contributed by atoms with van der Waals surface area (Å²) < 4.78 is 5.53.